The average molecular weight is 633 g/mol. The number of aliphatic imine (C=N–C) groups is 1. The van der Waals surface area contributed by atoms with Gasteiger partial charge in [0.15, 0.2) is 5.17 Å². The number of fused-ring (bicyclic) bond motifs is 1. The topological polar surface area (TPSA) is 80.7 Å². The molecule has 0 N–H and O–H groups in total. The molecule has 3 rings (SSSR count). The number of nitrogens with zero attached hydrogens (tertiary/aromatic N) is 3. The summed E-state index contributed by atoms with van der Waals surface area (Å²) in [7, 11) is 1.59. The number of halogens is 2. The number of carbonyl (C=O) groups is 2. The summed E-state index contributed by atoms with van der Waals surface area (Å²) in [6.45, 7) is 14.3. The summed E-state index contributed by atoms with van der Waals surface area (Å²) in [6.07, 6.45) is -0.200. The predicted octanol–water partition coefficient (Wildman–Crippen LogP) is 6.23. The van der Waals surface area contributed by atoms with Crippen molar-refractivity contribution in [2.24, 2.45) is 10.9 Å². The highest BCUT2D eigenvalue weighted by Crippen LogP contribution is 2.67. The Kier molecular flexibility index (Phi) is 9.14. The summed E-state index contributed by atoms with van der Waals surface area (Å²) >= 11 is 4.63. The molecular weight excluding hydrogens is 593 g/mol. The van der Waals surface area contributed by atoms with Crippen LogP contribution in [0.15, 0.2) is 27.7 Å². The molecule has 1 aromatic carbocycles. The number of rotatable bonds is 8. The Morgan fingerprint density at radius 3 is 2.53 bits per heavy atom. The van der Waals surface area contributed by atoms with Gasteiger partial charge in [0.05, 0.1) is 12.6 Å². The third-order valence-corrected chi connectivity index (χ3v) is 10.3. The number of hydrogen-bond donors (Lipinski definition) is 0. The normalized spacial score (nSPS) is 24.8. The average Bonchev–Trinajstić information content (AvgIpc) is 3.54. The van der Waals surface area contributed by atoms with Crippen molar-refractivity contribution < 1.29 is 28.3 Å². The molecule has 12 heteroatoms. The Bertz CT molecular complexity index is 1110. The Hall–Kier alpha value is -1.47. The second kappa shape index (κ2) is 11.2. The van der Waals surface area contributed by atoms with Crippen molar-refractivity contribution in [2.75, 3.05) is 27.5 Å². The minimum Gasteiger partial charge on any atom is -0.443 e. The highest BCUT2D eigenvalue weighted by Gasteiger charge is 2.72. The van der Waals surface area contributed by atoms with Gasteiger partial charge in [-0.15, -0.1) is 0 Å². The molecule has 0 spiro atoms. The van der Waals surface area contributed by atoms with Gasteiger partial charge in [0.1, 0.15) is 22.9 Å². The molecule has 212 valence electrons. The molecule has 1 aromatic rings. The summed E-state index contributed by atoms with van der Waals surface area (Å²) < 4.78 is 26.6. The highest BCUT2D eigenvalue weighted by atomic mass is 79.9. The number of hydroxylamine groups is 2. The Morgan fingerprint density at radius 1 is 1.29 bits per heavy atom. The molecule has 0 saturated heterocycles. The lowest BCUT2D eigenvalue weighted by Crippen LogP contribution is -2.49. The maximum Gasteiger partial charge on any atom is 0.418 e. The van der Waals surface area contributed by atoms with E-state index in [0.717, 1.165) is 6.04 Å². The Balaban J connectivity index is 2.08. The van der Waals surface area contributed by atoms with Crippen LogP contribution in [0.3, 0.4) is 0 Å². The van der Waals surface area contributed by atoms with Crippen molar-refractivity contribution in [2.45, 2.75) is 75.7 Å². The maximum atomic E-state index is 15.3. The summed E-state index contributed by atoms with van der Waals surface area (Å²) in [4.78, 5) is 38.5. The summed E-state index contributed by atoms with van der Waals surface area (Å²) in [5, 5.41) is 1.43. The van der Waals surface area contributed by atoms with E-state index < -0.39 is 35.9 Å². The van der Waals surface area contributed by atoms with Crippen LogP contribution >= 0.6 is 27.7 Å². The Morgan fingerprint density at radius 2 is 1.95 bits per heavy atom. The maximum absolute atomic E-state index is 15.3. The zero-order valence-electron chi connectivity index (χ0n) is 23.7. The van der Waals surface area contributed by atoms with Gasteiger partial charge >= 0.3 is 6.09 Å². The van der Waals surface area contributed by atoms with Gasteiger partial charge in [-0.25, -0.2) is 19.1 Å². The van der Waals surface area contributed by atoms with Crippen molar-refractivity contribution in [3.8, 4) is 0 Å². The first kappa shape index (κ1) is 31.1. The molecule has 38 heavy (non-hydrogen) atoms. The number of amidine groups is 1. The molecule has 1 aliphatic carbocycles. The molecule has 2 aliphatic rings. The van der Waals surface area contributed by atoms with E-state index in [2.05, 4.69) is 35.6 Å². The largest absolute Gasteiger partial charge is 0.443 e. The molecule has 1 heterocycles. The van der Waals surface area contributed by atoms with E-state index in [9.17, 15) is 9.59 Å². The Labute approximate surface area is 238 Å². The van der Waals surface area contributed by atoms with Gasteiger partial charge in [-0.2, -0.15) is 0 Å². The van der Waals surface area contributed by atoms with Crippen LogP contribution in [0, 0.1) is 11.7 Å². The molecule has 1 aliphatic heterocycles. The van der Waals surface area contributed by atoms with E-state index in [4.69, 9.17) is 19.3 Å². The van der Waals surface area contributed by atoms with Gasteiger partial charge in [-0.1, -0.05) is 47.3 Å². The molecule has 3 atom stereocenters. The summed E-state index contributed by atoms with van der Waals surface area (Å²) in [5.74, 6) is -1.02. The number of ether oxygens (including phenoxy) is 2. The first-order chi connectivity index (χ1) is 17.4. The van der Waals surface area contributed by atoms with Gasteiger partial charge in [0.2, 0.25) is 0 Å². The number of carbonyl (C=O) groups excluding carboxylic acids is 2. The van der Waals surface area contributed by atoms with Crippen LogP contribution in [-0.4, -0.2) is 73.0 Å². The number of amides is 2. The molecular formula is C26H39BrFN3O5SSi. The molecule has 2 amide bonds. The van der Waals surface area contributed by atoms with Crippen LogP contribution in [0.4, 0.5) is 9.18 Å². The fourth-order valence-corrected chi connectivity index (χ4v) is 7.14. The van der Waals surface area contributed by atoms with E-state index >= 15 is 4.39 Å². The molecule has 0 bridgehead atoms. The van der Waals surface area contributed by atoms with Crippen LogP contribution in [0.5, 0.6) is 0 Å². The third-order valence-electron chi connectivity index (χ3n) is 6.65. The molecule has 8 nitrogen and oxygen atoms in total. The molecule has 0 aromatic heterocycles. The van der Waals surface area contributed by atoms with E-state index in [1.54, 1.807) is 40.0 Å². The highest BCUT2D eigenvalue weighted by molar-refractivity contribution is 9.10. The lowest BCUT2D eigenvalue weighted by molar-refractivity contribution is -0.169. The van der Waals surface area contributed by atoms with Gasteiger partial charge in [-0.05, 0) is 58.4 Å². The van der Waals surface area contributed by atoms with Gasteiger partial charge in [-0.3, -0.25) is 14.6 Å². The van der Waals surface area contributed by atoms with Crippen molar-refractivity contribution in [3.63, 3.8) is 0 Å². The number of hydrogen-bond acceptors (Lipinski definition) is 7. The predicted molar refractivity (Wildman–Crippen MR) is 154 cm³/mol. The van der Waals surface area contributed by atoms with Crippen molar-refractivity contribution in [3.05, 3.63) is 34.1 Å². The summed E-state index contributed by atoms with van der Waals surface area (Å²) in [5.41, 5.74) is -1.55. The van der Waals surface area contributed by atoms with Gasteiger partial charge < -0.3 is 9.47 Å². The quantitative estimate of drug-likeness (QED) is 0.146. The van der Waals surface area contributed by atoms with Crippen molar-refractivity contribution in [1.29, 1.82) is 0 Å². The zero-order chi connectivity index (χ0) is 28.7. The van der Waals surface area contributed by atoms with Crippen LogP contribution < -0.4 is 0 Å². The van der Waals surface area contributed by atoms with E-state index in [0.29, 0.717) is 23.1 Å². The number of benzene rings is 1. The van der Waals surface area contributed by atoms with Crippen LogP contribution in [0.25, 0.3) is 0 Å². The van der Waals surface area contributed by atoms with E-state index in [1.165, 1.54) is 34.9 Å². The monoisotopic (exact) mass is 631 g/mol. The smallest absolute Gasteiger partial charge is 0.418 e. The second-order valence-corrected chi connectivity index (χ2v) is 20.0. The van der Waals surface area contributed by atoms with E-state index in [-0.39, 0.29) is 23.7 Å². The molecule has 1 fully saturated rings. The lowest BCUT2D eigenvalue weighted by Gasteiger charge is -2.38. The fourth-order valence-electron chi connectivity index (χ4n) is 4.39. The first-order valence-electron chi connectivity index (χ1n) is 12.6. The van der Waals surface area contributed by atoms with Gasteiger partial charge in [0, 0.05) is 37.7 Å². The fraction of sp³-hybridized carbons (Fsp3) is 0.654. The zero-order valence-corrected chi connectivity index (χ0v) is 27.1. The van der Waals surface area contributed by atoms with Gasteiger partial charge in [0.25, 0.3) is 5.91 Å². The first-order valence-corrected chi connectivity index (χ1v) is 17.9. The summed E-state index contributed by atoms with van der Waals surface area (Å²) in [6, 6.07) is 5.59. The second-order valence-electron chi connectivity index (χ2n) is 12.2. The SMILES string of the molecule is CON(C)C(=O)[C@]12C[C@H]1[C@@](C)(c1cc(Br)ccc1F)N=C(N(COCC[Si](C)(C)C)C(=O)OC(C)(C)C)S2. The van der Waals surface area contributed by atoms with Crippen molar-refractivity contribution in [1.82, 2.24) is 9.96 Å². The van der Waals surface area contributed by atoms with Crippen molar-refractivity contribution >= 4 is 52.9 Å². The van der Waals surface area contributed by atoms with Crippen LogP contribution in [-0.2, 0) is 24.6 Å². The molecule has 1 saturated carbocycles. The van der Waals surface area contributed by atoms with E-state index in [1.807, 2.05) is 6.92 Å². The third kappa shape index (κ3) is 6.80. The minimum absolute atomic E-state index is 0.0999. The molecule has 0 unspecified atom stereocenters. The molecule has 0 radical (unpaired) electrons. The number of thioether (sulfide) groups is 1. The van der Waals surface area contributed by atoms with Crippen LogP contribution in [0.2, 0.25) is 25.7 Å². The minimum atomic E-state index is -1.37. The standard InChI is InChI=1S/C26H39BrFN3O5SSi/c1-24(2,3)36-23(33)31(16-35-12-13-38(7,8)9)22-29-25(4,18-14-17(27)10-11-19(18)28)20-15-26(20,37-22)21(32)30(5)34-6/h10-11,14,20H,12-13,15-16H2,1-9H3/t20-,25+,26-/m0/s1. The lowest BCUT2D eigenvalue weighted by atomic mass is 9.85. The van der Waals surface area contributed by atoms with Crippen LogP contribution in [0.1, 0.15) is 39.7 Å².